The highest BCUT2D eigenvalue weighted by Gasteiger charge is 2.92. The normalized spacial score (nSPS) is 15.8. The number of rotatable bonds is 18. The summed E-state index contributed by atoms with van der Waals surface area (Å²) in [5.41, 5.74) is 0.237. The largest absolute Gasteiger partial charge is 0.460 e. The Balaban J connectivity index is 3.50. The highest BCUT2D eigenvalue weighted by molar-refractivity contribution is 9.10. The molecule has 0 fully saturated rings. The molecule has 0 radical (unpaired) electrons. The van der Waals surface area contributed by atoms with Crippen LogP contribution in [0.5, 0.6) is 0 Å². The summed E-state index contributed by atoms with van der Waals surface area (Å²) in [6.45, 7) is 0. The van der Waals surface area contributed by atoms with Crippen molar-refractivity contribution in [2.24, 2.45) is 5.92 Å². The first-order valence-corrected chi connectivity index (χ1v) is 14.5. The molecule has 0 aliphatic carbocycles. The fourth-order valence-corrected chi connectivity index (χ4v) is 4.63. The van der Waals surface area contributed by atoms with E-state index in [1.165, 1.54) is 24.3 Å². The Bertz CT molecular complexity index is 1280. The number of halogens is 27. The molecule has 0 unspecified atom stereocenters. The summed E-state index contributed by atoms with van der Waals surface area (Å²) in [5.74, 6) is -81.3. The number of aryl methyl sites for hydroxylation is 1. The van der Waals surface area contributed by atoms with Crippen molar-refractivity contribution in [3.05, 3.63) is 34.3 Å². The molecule has 0 nitrogen and oxygen atoms in total. The number of hydrogen-bond donors (Lipinski definition) is 0. The minimum atomic E-state index is -8.33. The number of benzene rings is 1. The molecule has 1 rings (SSSR count). The van der Waals surface area contributed by atoms with Gasteiger partial charge in [-0.25, -0.2) is 0 Å². The Morgan fingerprint density at radius 3 is 0.943 bits per heavy atom. The second-order valence-electron chi connectivity index (χ2n) is 11.5. The maximum absolute atomic E-state index is 14.3. The zero-order valence-electron chi connectivity index (χ0n) is 25.0. The molecule has 1 aromatic carbocycles. The van der Waals surface area contributed by atoms with Gasteiger partial charge in [0.2, 0.25) is 0 Å². The van der Waals surface area contributed by atoms with E-state index in [9.17, 15) is 114 Å². The van der Waals surface area contributed by atoms with Gasteiger partial charge in [-0.1, -0.05) is 34.5 Å². The van der Waals surface area contributed by atoms with Crippen molar-refractivity contribution in [2.75, 3.05) is 0 Å². The second kappa shape index (κ2) is 14.8. The van der Waals surface area contributed by atoms with Gasteiger partial charge in [-0.05, 0) is 49.3 Å². The van der Waals surface area contributed by atoms with Gasteiger partial charge in [0.15, 0.2) is 0 Å². The molecule has 0 aromatic heterocycles. The molecule has 0 aliphatic rings. The van der Waals surface area contributed by atoms with E-state index in [4.69, 9.17) is 0 Å². The molecule has 1 aromatic rings. The summed E-state index contributed by atoms with van der Waals surface area (Å²) < 4.78 is 350. The summed E-state index contributed by atoms with van der Waals surface area (Å²) >= 11 is 2.98. The molecule has 0 amide bonds. The van der Waals surface area contributed by atoms with Crippen molar-refractivity contribution in [1.29, 1.82) is 0 Å². The van der Waals surface area contributed by atoms with E-state index in [2.05, 4.69) is 15.9 Å². The Kier molecular flexibility index (Phi) is 13.6. The average Bonchev–Trinajstić information content (AvgIpc) is 2.97. The lowest BCUT2D eigenvalue weighted by atomic mass is 9.84. The van der Waals surface area contributed by atoms with E-state index >= 15 is 0 Å². The van der Waals surface area contributed by atoms with Crippen molar-refractivity contribution in [2.45, 2.75) is 117 Å². The third-order valence-corrected chi connectivity index (χ3v) is 8.25. The van der Waals surface area contributed by atoms with Gasteiger partial charge < -0.3 is 0 Å². The topological polar surface area (TPSA) is 0 Å². The summed E-state index contributed by atoms with van der Waals surface area (Å²) in [4.78, 5) is 0. The second-order valence-corrected chi connectivity index (χ2v) is 12.4. The molecule has 0 bridgehead atoms. The van der Waals surface area contributed by atoms with Gasteiger partial charge in [-0.3, -0.25) is 0 Å². The monoisotopic (exact) mass is 904 g/mol. The van der Waals surface area contributed by atoms with Crippen molar-refractivity contribution >= 4 is 15.9 Å². The third kappa shape index (κ3) is 8.52. The van der Waals surface area contributed by atoms with Crippen molar-refractivity contribution in [3.63, 3.8) is 0 Å². The molecule has 0 aliphatic heterocycles. The predicted octanol–water partition coefficient (Wildman–Crippen LogP) is 13.4. The summed E-state index contributed by atoms with van der Waals surface area (Å²) in [7, 11) is 0. The molecule has 0 atom stereocenters. The molecular formula is C26H19BrF26. The first-order chi connectivity index (χ1) is 23.1. The van der Waals surface area contributed by atoms with Crippen LogP contribution in [-0.4, -0.2) is 71.6 Å². The third-order valence-electron chi connectivity index (χ3n) is 7.72. The maximum atomic E-state index is 14.3. The van der Waals surface area contributed by atoms with Crippen LogP contribution >= 0.6 is 15.9 Å². The fourth-order valence-electron chi connectivity index (χ4n) is 4.37. The van der Waals surface area contributed by atoms with Crippen molar-refractivity contribution in [3.8, 4) is 0 Å². The van der Waals surface area contributed by atoms with Crippen LogP contribution in [0.25, 0.3) is 0 Å². The highest BCUT2D eigenvalue weighted by Crippen LogP contribution is 2.63. The molecule has 0 saturated heterocycles. The zero-order valence-corrected chi connectivity index (χ0v) is 26.6. The van der Waals surface area contributed by atoms with Gasteiger partial charge in [-0.15, -0.1) is 0 Å². The van der Waals surface area contributed by atoms with Gasteiger partial charge in [0.1, 0.15) is 0 Å². The first kappa shape index (κ1) is 48.9. The zero-order chi connectivity index (χ0) is 42.5. The van der Waals surface area contributed by atoms with E-state index in [0.717, 1.165) is 0 Å². The molecule has 27 heteroatoms. The summed E-state index contributed by atoms with van der Waals surface area (Å²) in [6, 6.07) is 5.21. The van der Waals surface area contributed by atoms with Crippen LogP contribution in [0, 0.1) is 5.92 Å². The molecule has 0 heterocycles. The average molecular weight is 905 g/mol. The van der Waals surface area contributed by atoms with E-state index in [1.54, 1.807) is 0 Å². The van der Waals surface area contributed by atoms with E-state index in [1.807, 2.05) is 0 Å². The fraction of sp³-hybridized carbons (Fsp3) is 0.769. The lowest BCUT2D eigenvalue weighted by molar-refractivity contribution is -0.440. The molecule has 0 N–H and O–H groups in total. The predicted molar refractivity (Wildman–Crippen MR) is 131 cm³/mol. The van der Waals surface area contributed by atoms with Crippen molar-refractivity contribution < 1.29 is 114 Å². The van der Waals surface area contributed by atoms with Crippen LogP contribution in [-0.2, 0) is 6.42 Å². The number of alkyl halides is 26. The summed E-state index contributed by atoms with van der Waals surface area (Å²) in [6.07, 6.45) is -27.9. The summed E-state index contributed by atoms with van der Waals surface area (Å²) in [5, 5.41) is 0. The quantitative estimate of drug-likeness (QED) is 0.129. The molecule has 0 spiro atoms. The molecular weight excluding hydrogens is 886 g/mol. The van der Waals surface area contributed by atoms with E-state index in [-0.39, 0.29) is 12.0 Å². The minimum Gasteiger partial charge on any atom is -0.200 e. The molecule has 0 saturated carbocycles. The van der Waals surface area contributed by atoms with Crippen LogP contribution in [0.3, 0.4) is 0 Å². The Morgan fingerprint density at radius 1 is 0.377 bits per heavy atom. The maximum Gasteiger partial charge on any atom is 0.460 e. The SMILES string of the molecule is FC(F)(F)C(F)(F)C(F)(F)C(F)(F)C(F)(F)C(F)(F)CCC(CCCc1ccc(Br)cc1)CCC(F)(F)C(F)(F)C(F)(F)C(F)(F)C(F)(F)C(F)(F)F. The van der Waals surface area contributed by atoms with Gasteiger partial charge in [0.25, 0.3) is 0 Å². The van der Waals surface area contributed by atoms with Crippen LogP contribution in [0.1, 0.15) is 44.1 Å². The van der Waals surface area contributed by atoms with Crippen molar-refractivity contribution in [1.82, 2.24) is 0 Å². The van der Waals surface area contributed by atoms with Crippen LogP contribution in [0.15, 0.2) is 28.7 Å². The molecule has 312 valence electrons. The highest BCUT2D eigenvalue weighted by atomic mass is 79.9. The van der Waals surface area contributed by atoms with Gasteiger partial charge >= 0.3 is 71.6 Å². The first-order valence-electron chi connectivity index (χ1n) is 13.7. The standard InChI is InChI=1S/C26H19BrF26/c27-14-6-4-12(5-7-14)2-1-3-13(8-10-15(28,29)17(32,33)19(36,37)21(40,41)23(44,45)25(48,49)50)9-11-16(30,31)18(34,35)20(38,39)22(42,43)24(46,47)26(51,52)53/h4-7,13H,1-3,8-11H2. The van der Waals surface area contributed by atoms with Gasteiger partial charge in [0, 0.05) is 17.3 Å². The van der Waals surface area contributed by atoms with Gasteiger partial charge in [-0.2, -0.15) is 114 Å². The van der Waals surface area contributed by atoms with E-state index in [0.29, 0.717) is 4.47 Å². The Morgan fingerprint density at radius 2 is 0.660 bits per heavy atom. The lowest BCUT2D eigenvalue weighted by Crippen LogP contribution is -2.70. The lowest BCUT2D eigenvalue weighted by Gasteiger charge is -2.40. The van der Waals surface area contributed by atoms with Crippen LogP contribution < -0.4 is 0 Å². The van der Waals surface area contributed by atoms with E-state index < -0.39 is 116 Å². The molecule has 53 heavy (non-hydrogen) atoms. The van der Waals surface area contributed by atoms with Gasteiger partial charge in [0.05, 0.1) is 0 Å². The number of hydrogen-bond acceptors (Lipinski definition) is 0. The van der Waals surface area contributed by atoms with Crippen LogP contribution in [0.2, 0.25) is 0 Å². The smallest absolute Gasteiger partial charge is 0.200 e. The minimum absolute atomic E-state index is 0.237. The Hall–Kier alpha value is -2.12. The Labute approximate surface area is 287 Å². The van der Waals surface area contributed by atoms with Crippen LogP contribution in [0.4, 0.5) is 114 Å².